The first kappa shape index (κ1) is 33.3. The Hall–Kier alpha value is -4.74. The van der Waals surface area contributed by atoms with Crippen molar-refractivity contribution in [1.82, 2.24) is 25.9 Å². The lowest BCUT2D eigenvalue weighted by molar-refractivity contribution is -0.142. The highest BCUT2D eigenvalue weighted by molar-refractivity contribution is 5.94. The lowest BCUT2D eigenvalue weighted by atomic mass is 10.0. The number of nitrogens with one attached hydrogen (secondary N) is 4. The van der Waals surface area contributed by atoms with Crippen LogP contribution in [-0.2, 0) is 35.2 Å². The van der Waals surface area contributed by atoms with Gasteiger partial charge in [0.25, 0.3) is 0 Å². The molecule has 0 aliphatic rings. The van der Waals surface area contributed by atoms with E-state index < -0.39 is 59.7 Å². The van der Waals surface area contributed by atoms with Crippen LogP contribution in [0.4, 0.5) is 0 Å². The van der Waals surface area contributed by atoms with E-state index in [1.807, 2.05) is 0 Å². The van der Waals surface area contributed by atoms with Crippen LogP contribution < -0.4 is 44.6 Å². The molecule has 1 heterocycles. The number of imidazole rings is 1. The molecule has 0 aliphatic carbocycles. The number of rotatable bonds is 19. The molecule has 5 amide bonds. The van der Waals surface area contributed by atoms with Gasteiger partial charge in [-0.05, 0) is 25.7 Å². The zero-order valence-electron chi connectivity index (χ0n) is 21.8. The van der Waals surface area contributed by atoms with Crippen molar-refractivity contribution in [3.8, 4) is 0 Å². The van der Waals surface area contributed by atoms with Crippen molar-refractivity contribution in [1.29, 1.82) is 0 Å². The van der Waals surface area contributed by atoms with Gasteiger partial charge in [-0.1, -0.05) is 0 Å². The molecule has 0 saturated heterocycles. The van der Waals surface area contributed by atoms with Crippen LogP contribution in [-0.4, -0.2) is 87.3 Å². The number of hydrogen-bond acceptors (Lipinski definition) is 9. The van der Waals surface area contributed by atoms with Crippen LogP contribution >= 0.6 is 0 Å². The Kier molecular flexibility index (Phi) is 14.1. The van der Waals surface area contributed by atoms with E-state index in [0.29, 0.717) is 5.69 Å². The molecule has 0 aliphatic heterocycles. The number of H-pyrrole nitrogens is 1. The quantitative estimate of drug-likeness (QED) is 0.0430. The van der Waals surface area contributed by atoms with Gasteiger partial charge in [0.2, 0.25) is 29.5 Å². The van der Waals surface area contributed by atoms with Gasteiger partial charge in [-0.2, -0.15) is 0 Å². The Morgan fingerprint density at radius 1 is 0.850 bits per heavy atom. The number of primary amides is 2. The maximum Gasteiger partial charge on any atom is 0.326 e. The molecule has 4 unspecified atom stereocenters. The molecule has 0 spiro atoms. The highest BCUT2D eigenvalue weighted by Gasteiger charge is 2.30. The fraction of sp³-hybridized carbons (Fsp3) is 0.545. The summed E-state index contributed by atoms with van der Waals surface area (Å²) in [6.07, 6.45) is 2.06. The number of carbonyl (C=O) groups is 6. The minimum absolute atomic E-state index is 0.0334. The third kappa shape index (κ3) is 13.2. The highest BCUT2D eigenvalue weighted by atomic mass is 16.4. The van der Waals surface area contributed by atoms with Crippen LogP contribution in [0.5, 0.6) is 0 Å². The summed E-state index contributed by atoms with van der Waals surface area (Å²) in [6, 6.07) is -5.16. The van der Waals surface area contributed by atoms with Crippen molar-refractivity contribution in [3.05, 3.63) is 18.2 Å². The van der Waals surface area contributed by atoms with E-state index in [2.05, 4.69) is 30.9 Å². The number of carboxylic acids is 1. The molecule has 4 atom stereocenters. The second-order valence-electron chi connectivity index (χ2n) is 8.87. The van der Waals surface area contributed by atoms with Gasteiger partial charge in [0.05, 0.1) is 12.4 Å². The van der Waals surface area contributed by atoms with E-state index in [-0.39, 0.29) is 57.5 Å². The predicted molar refractivity (Wildman–Crippen MR) is 140 cm³/mol. The van der Waals surface area contributed by atoms with Crippen molar-refractivity contribution in [2.45, 2.75) is 69.1 Å². The molecule has 0 fully saturated rings. The number of amides is 5. The summed E-state index contributed by atoms with van der Waals surface area (Å²) in [6.45, 7) is 0.133. The molecule has 1 aromatic heterocycles. The van der Waals surface area contributed by atoms with Crippen molar-refractivity contribution in [2.75, 3.05) is 6.54 Å². The normalized spacial score (nSPS) is 13.6. The van der Waals surface area contributed by atoms with Gasteiger partial charge in [-0.3, -0.25) is 29.0 Å². The molecule has 0 bridgehead atoms. The van der Waals surface area contributed by atoms with E-state index in [1.165, 1.54) is 12.5 Å². The molecule has 15 N–H and O–H groups in total. The zero-order valence-corrected chi connectivity index (χ0v) is 21.8. The number of aliphatic carboxylic acids is 1. The molecule has 0 saturated carbocycles. The second-order valence-corrected chi connectivity index (χ2v) is 8.87. The summed E-state index contributed by atoms with van der Waals surface area (Å²) in [5.41, 5.74) is 27.4. The highest BCUT2D eigenvalue weighted by Crippen LogP contribution is 2.06. The van der Waals surface area contributed by atoms with Crippen molar-refractivity contribution >= 4 is 41.5 Å². The Morgan fingerprint density at radius 3 is 1.88 bits per heavy atom. The third-order valence-corrected chi connectivity index (χ3v) is 5.52. The van der Waals surface area contributed by atoms with E-state index in [4.69, 9.17) is 28.7 Å². The van der Waals surface area contributed by atoms with Gasteiger partial charge >= 0.3 is 5.97 Å². The molecule has 1 aromatic rings. The van der Waals surface area contributed by atoms with E-state index in [1.54, 1.807) is 0 Å². The summed E-state index contributed by atoms with van der Waals surface area (Å²) in [4.78, 5) is 83.3. The molecular formula is C22H37N11O7. The number of nitrogens with two attached hydrogens (primary N) is 5. The summed E-state index contributed by atoms with van der Waals surface area (Å²) in [5.74, 6) is -5.60. The third-order valence-electron chi connectivity index (χ3n) is 5.52. The number of aromatic nitrogens is 2. The molecule has 222 valence electrons. The lowest BCUT2D eigenvalue weighted by Gasteiger charge is -2.25. The Labute approximate surface area is 229 Å². The molecule has 40 heavy (non-hydrogen) atoms. The van der Waals surface area contributed by atoms with E-state index >= 15 is 0 Å². The summed E-state index contributed by atoms with van der Waals surface area (Å²) in [7, 11) is 0. The maximum absolute atomic E-state index is 13.2. The topological polar surface area (TPSA) is 330 Å². The molecular weight excluding hydrogens is 530 g/mol. The summed E-state index contributed by atoms with van der Waals surface area (Å²) >= 11 is 0. The second kappa shape index (κ2) is 17.0. The van der Waals surface area contributed by atoms with Crippen LogP contribution in [0.2, 0.25) is 0 Å². The van der Waals surface area contributed by atoms with Crippen LogP contribution in [0.3, 0.4) is 0 Å². The number of aliphatic imine (C=N–C) groups is 1. The number of guanidine groups is 1. The first-order valence-electron chi connectivity index (χ1n) is 12.3. The monoisotopic (exact) mass is 567 g/mol. The van der Waals surface area contributed by atoms with Gasteiger partial charge in [0.15, 0.2) is 5.96 Å². The molecule has 1 rings (SSSR count). The predicted octanol–water partition coefficient (Wildman–Crippen LogP) is -4.60. The van der Waals surface area contributed by atoms with Crippen molar-refractivity contribution in [2.24, 2.45) is 33.7 Å². The fourth-order valence-corrected chi connectivity index (χ4v) is 3.42. The maximum atomic E-state index is 13.2. The van der Waals surface area contributed by atoms with Gasteiger partial charge in [-0.25, -0.2) is 9.78 Å². The molecule has 18 nitrogen and oxygen atoms in total. The van der Waals surface area contributed by atoms with Gasteiger partial charge < -0.3 is 54.7 Å². The van der Waals surface area contributed by atoms with Crippen LogP contribution in [0, 0.1) is 0 Å². The van der Waals surface area contributed by atoms with Gasteiger partial charge in [0, 0.05) is 37.7 Å². The SMILES string of the molecule is NC(=O)CCC(NC(=O)C(CCC(N)=O)NC(=O)C(CCCN=C(N)N)NC(=O)C(N)Cc1cnc[nH]1)C(=O)O. The smallest absolute Gasteiger partial charge is 0.326 e. The Morgan fingerprint density at radius 2 is 1.38 bits per heavy atom. The van der Waals surface area contributed by atoms with Crippen molar-refractivity contribution in [3.63, 3.8) is 0 Å². The Balaban J connectivity index is 3.04. The van der Waals surface area contributed by atoms with Crippen LogP contribution in [0.15, 0.2) is 17.5 Å². The first-order chi connectivity index (χ1) is 18.8. The average molecular weight is 568 g/mol. The number of hydrogen-bond donors (Lipinski definition) is 10. The molecule has 0 radical (unpaired) electrons. The van der Waals surface area contributed by atoms with E-state index in [9.17, 15) is 33.9 Å². The average Bonchev–Trinajstić information content (AvgIpc) is 3.38. The standard InChI is InChI=1S/C22H37N11O7/c23-12(8-11-9-28-10-30-11)18(36)31-13(2-1-7-29-22(26)27)19(37)32-14(3-5-16(24)34)20(38)33-15(21(39)40)4-6-17(25)35/h9-10,12-15H,1-8,23H2,(H2,24,34)(H2,25,35)(H,28,30)(H,31,36)(H,32,37)(H,33,38)(H,39,40)(H4,26,27,29). The summed E-state index contributed by atoms with van der Waals surface area (Å²) in [5, 5.41) is 16.5. The largest absolute Gasteiger partial charge is 0.480 e. The fourth-order valence-electron chi connectivity index (χ4n) is 3.42. The van der Waals surface area contributed by atoms with Gasteiger partial charge in [-0.15, -0.1) is 0 Å². The van der Waals surface area contributed by atoms with E-state index in [0.717, 1.165) is 0 Å². The molecule has 0 aromatic carbocycles. The number of carboxylic acid groups (broad SMARTS) is 1. The minimum Gasteiger partial charge on any atom is -0.480 e. The zero-order chi connectivity index (χ0) is 30.2. The summed E-state index contributed by atoms with van der Waals surface area (Å²) < 4.78 is 0. The number of nitrogens with zero attached hydrogens (tertiary/aromatic N) is 2. The van der Waals surface area contributed by atoms with Gasteiger partial charge in [0.1, 0.15) is 18.1 Å². The Bertz CT molecular complexity index is 1060. The van der Waals surface area contributed by atoms with Crippen LogP contribution in [0.1, 0.15) is 44.2 Å². The lowest BCUT2D eigenvalue weighted by Crippen LogP contribution is -2.57. The first-order valence-corrected chi connectivity index (χ1v) is 12.3. The number of carbonyl (C=O) groups excluding carboxylic acids is 5. The molecule has 18 heteroatoms. The van der Waals surface area contributed by atoms with Crippen molar-refractivity contribution < 1.29 is 33.9 Å². The van der Waals surface area contributed by atoms with Crippen LogP contribution in [0.25, 0.3) is 0 Å². The minimum atomic E-state index is -1.50. The number of aromatic amines is 1.